The van der Waals surface area contributed by atoms with Crippen molar-refractivity contribution in [2.75, 3.05) is 6.54 Å². The van der Waals surface area contributed by atoms with Gasteiger partial charge in [-0.15, -0.1) is 0 Å². The fourth-order valence-electron chi connectivity index (χ4n) is 2.38. The lowest BCUT2D eigenvalue weighted by molar-refractivity contribution is -0.0269. The summed E-state index contributed by atoms with van der Waals surface area (Å²) in [6.45, 7) is 0.447. The summed E-state index contributed by atoms with van der Waals surface area (Å²) in [5, 5.41) is 0. The Labute approximate surface area is 102 Å². The Hall–Kier alpha value is -0.930. The molecule has 0 saturated heterocycles. The van der Waals surface area contributed by atoms with Crippen LogP contribution >= 0.6 is 0 Å². The molecule has 17 heavy (non-hydrogen) atoms. The van der Waals surface area contributed by atoms with Crippen molar-refractivity contribution < 1.29 is 9.13 Å². The second-order valence-corrected chi connectivity index (χ2v) is 4.67. The second kappa shape index (κ2) is 6.12. The summed E-state index contributed by atoms with van der Waals surface area (Å²) in [6, 6.07) is 6.44. The van der Waals surface area contributed by atoms with E-state index in [1.807, 2.05) is 0 Å². The molecule has 0 radical (unpaired) electrons. The average Bonchev–Trinajstić information content (AvgIpc) is 2.38. The molecule has 2 nitrogen and oxygen atoms in total. The molecule has 1 atom stereocenters. The lowest BCUT2D eigenvalue weighted by Gasteiger charge is -2.27. The number of benzene rings is 1. The Kier molecular flexibility index (Phi) is 4.51. The summed E-state index contributed by atoms with van der Waals surface area (Å²) in [5.74, 6) is -0.220. The van der Waals surface area contributed by atoms with E-state index in [0.29, 0.717) is 12.6 Å². The van der Waals surface area contributed by atoms with Crippen LogP contribution in [0.3, 0.4) is 0 Å². The molecule has 1 fully saturated rings. The van der Waals surface area contributed by atoms with Crippen molar-refractivity contribution in [2.24, 2.45) is 5.73 Å². The fraction of sp³-hybridized carbons (Fsp3) is 0.571. The highest BCUT2D eigenvalue weighted by Gasteiger charge is 2.19. The van der Waals surface area contributed by atoms with E-state index >= 15 is 0 Å². The second-order valence-electron chi connectivity index (χ2n) is 4.67. The molecule has 0 amide bonds. The van der Waals surface area contributed by atoms with Crippen molar-refractivity contribution in [3.05, 3.63) is 35.6 Å². The fourth-order valence-corrected chi connectivity index (χ4v) is 2.38. The summed E-state index contributed by atoms with van der Waals surface area (Å²) < 4.78 is 18.9. The Morgan fingerprint density at radius 1 is 1.18 bits per heavy atom. The normalized spacial score (nSPS) is 19.2. The maximum absolute atomic E-state index is 12.8. The van der Waals surface area contributed by atoms with Crippen LogP contribution < -0.4 is 5.73 Å². The van der Waals surface area contributed by atoms with Crippen molar-refractivity contribution in [1.82, 2.24) is 0 Å². The summed E-state index contributed by atoms with van der Waals surface area (Å²) in [5.41, 5.74) is 6.71. The summed E-state index contributed by atoms with van der Waals surface area (Å²) in [6.07, 6.45) is 6.26. The van der Waals surface area contributed by atoms with Crippen LogP contribution in [0.1, 0.15) is 43.8 Å². The summed E-state index contributed by atoms with van der Waals surface area (Å²) in [7, 11) is 0. The predicted octanol–water partition coefficient (Wildman–Crippen LogP) is 3.17. The summed E-state index contributed by atoms with van der Waals surface area (Å²) in [4.78, 5) is 0. The first-order valence-corrected chi connectivity index (χ1v) is 6.40. The molecule has 0 aliphatic heterocycles. The SMILES string of the molecule is NCC(OC1CCCCC1)c1ccc(F)cc1. The quantitative estimate of drug-likeness (QED) is 0.873. The molecule has 1 aliphatic rings. The van der Waals surface area contributed by atoms with Gasteiger partial charge in [0.05, 0.1) is 12.2 Å². The van der Waals surface area contributed by atoms with Crippen LogP contribution in [-0.4, -0.2) is 12.6 Å². The predicted molar refractivity (Wildman–Crippen MR) is 66.2 cm³/mol. The van der Waals surface area contributed by atoms with Gasteiger partial charge in [0.2, 0.25) is 0 Å². The van der Waals surface area contributed by atoms with Gasteiger partial charge in [-0.3, -0.25) is 0 Å². The Morgan fingerprint density at radius 2 is 1.82 bits per heavy atom. The number of nitrogens with two attached hydrogens (primary N) is 1. The van der Waals surface area contributed by atoms with Gasteiger partial charge < -0.3 is 10.5 Å². The van der Waals surface area contributed by atoms with E-state index in [2.05, 4.69) is 0 Å². The van der Waals surface area contributed by atoms with Gasteiger partial charge in [0, 0.05) is 6.54 Å². The molecule has 0 aromatic heterocycles. The molecule has 0 heterocycles. The van der Waals surface area contributed by atoms with Crippen molar-refractivity contribution in [3.63, 3.8) is 0 Å². The minimum atomic E-state index is -0.220. The van der Waals surface area contributed by atoms with Gasteiger partial charge in [-0.2, -0.15) is 0 Å². The monoisotopic (exact) mass is 237 g/mol. The number of hydrogen-bond donors (Lipinski definition) is 1. The van der Waals surface area contributed by atoms with E-state index in [1.165, 1.54) is 31.4 Å². The van der Waals surface area contributed by atoms with E-state index < -0.39 is 0 Å². The van der Waals surface area contributed by atoms with Crippen LogP contribution in [0.15, 0.2) is 24.3 Å². The topological polar surface area (TPSA) is 35.2 Å². The Morgan fingerprint density at radius 3 is 2.41 bits per heavy atom. The summed E-state index contributed by atoms with van der Waals surface area (Å²) >= 11 is 0. The number of ether oxygens (including phenoxy) is 1. The number of rotatable bonds is 4. The average molecular weight is 237 g/mol. The minimum absolute atomic E-state index is 0.0984. The third-order valence-corrected chi connectivity index (χ3v) is 3.36. The molecule has 0 bridgehead atoms. The van der Waals surface area contributed by atoms with Crippen LogP contribution in [0.2, 0.25) is 0 Å². The van der Waals surface area contributed by atoms with E-state index in [0.717, 1.165) is 18.4 Å². The molecule has 1 aliphatic carbocycles. The first-order valence-electron chi connectivity index (χ1n) is 6.40. The van der Waals surface area contributed by atoms with Crippen LogP contribution in [0, 0.1) is 5.82 Å². The van der Waals surface area contributed by atoms with E-state index in [1.54, 1.807) is 12.1 Å². The van der Waals surface area contributed by atoms with Gasteiger partial charge in [-0.1, -0.05) is 31.4 Å². The third-order valence-electron chi connectivity index (χ3n) is 3.36. The van der Waals surface area contributed by atoms with Crippen LogP contribution in [0.5, 0.6) is 0 Å². The van der Waals surface area contributed by atoms with Gasteiger partial charge in [-0.25, -0.2) is 4.39 Å². The molecule has 1 unspecified atom stereocenters. The molecular formula is C14H20FNO. The van der Waals surface area contributed by atoms with Crippen LogP contribution in [0.4, 0.5) is 4.39 Å². The highest BCUT2D eigenvalue weighted by molar-refractivity contribution is 5.19. The molecule has 0 spiro atoms. The van der Waals surface area contributed by atoms with Crippen LogP contribution in [0.25, 0.3) is 0 Å². The molecule has 1 aromatic carbocycles. The van der Waals surface area contributed by atoms with Gasteiger partial charge in [-0.05, 0) is 30.5 Å². The number of halogens is 1. The van der Waals surface area contributed by atoms with Gasteiger partial charge in [0.25, 0.3) is 0 Å². The lowest BCUT2D eigenvalue weighted by atomic mass is 9.97. The minimum Gasteiger partial charge on any atom is -0.369 e. The van der Waals surface area contributed by atoms with E-state index in [4.69, 9.17) is 10.5 Å². The Balaban J connectivity index is 1.97. The molecule has 2 N–H and O–H groups in total. The van der Waals surface area contributed by atoms with Crippen LogP contribution in [-0.2, 0) is 4.74 Å². The third kappa shape index (κ3) is 3.51. The zero-order valence-electron chi connectivity index (χ0n) is 10.1. The molecule has 1 aromatic rings. The van der Waals surface area contributed by atoms with Crippen molar-refractivity contribution in [3.8, 4) is 0 Å². The molecule has 1 saturated carbocycles. The zero-order valence-corrected chi connectivity index (χ0v) is 10.1. The van der Waals surface area contributed by atoms with Gasteiger partial charge in [0.1, 0.15) is 5.82 Å². The molecule has 2 rings (SSSR count). The highest BCUT2D eigenvalue weighted by atomic mass is 19.1. The molecule has 94 valence electrons. The van der Waals surface area contributed by atoms with Crippen molar-refractivity contribution in [1.29, 1.82) is 0 Å². The Bertz CT molecular complexity index is 333. The number of hydrogen-bond acceptors (Lipinski definition) is 2. The van der Waals surface area contributed by atoms with Crippen molar-refractivity contribution in [2.45, 2.75) is 44.3 Å². The highest BCUT2D eigenvalue weighted by Crippen LogP contribution is 2.26. The van der Waals surface area contributed by atoms with Gasteiger partial charge in [0.15, 0.2) is 0 Å². The van der Waals surface area contributed by atoms with Crippen molar-refractivity contribution >= 4 is 0 Å². The van der Waals surface area contributed by atoms with E-state index in [9.17, 15) is 4.39 Å². The van der Waals surface area contributed by atoms with E-state index in [-0.39, 0.29) is 11.9 Å². The maximum atomic E-state index is 12.8. The standard InChI is InChI=1S/C14H20FNO/c15-12-8-6-11(7-9-12)14(10-16)17-13-4-2-1-3-5-13/h6-9,13-14H,1-5,10,16H2. The smallest absolute Gasteiger partial charge is 0.123 e. The maximum Gasteiger partial charge on any atom is 0.123 e. The zero-order chi connectivity index (χ0) is 12.1. The first-order chi connectivity index (χ1) is 8.29. The molecule has 3 heteroatoms. The van der Waals surface area contributed by atoms with Gasteiger partial charge >= 0.3 is 0 Å². The first kappa shape index (κ1) is 12.5. The molecular weight excluding hydrogens is 217 g/mol. The lowest BCUT2D eigenvalue weighted by Crippen LogP contribution is -2.24. The largest absolute Gasteiger partial charge is 0.369 e.